The van der Waals surface area contributed by atoms with Crippen molar-refractivity contribution in [2.24, 2.45) is 0 Å². The van der Waals surface area contributed by atoms with E-state index in [9.17, 15) is 9.59 Å². The van der Waals surface area contributed by atoms with Gasteiger partial charge in [0.2, 0.25) is 5.91 Å². The van der Waals surface area contributed by atoms with Crippen molar-refractivity contribution in [3.05, 3.63) is 24.3 Å². The van der Waals surface area contributed by atoms with Gasteiger partial charge in [-0.2, -0.15) is 0 Å². The van der Waals surface area contributed by atoms with Crippen LogP contribution in [-0.4, -0.2) is 29.6 Å². The first-order valence-electron chi connectivity index (χ1n) is 4.98. The first-order valence-corrected chi connectivity index (χ1v) is 4.98. The Bertz CT molecular complexity index is 445. The summed E-state index contributed by atoms with van der Waals surface area (Å²) in [6.45, 7) is 1.64. The molecule has 1 aromatic carbocycles. The normalized spacial score (nSPS) is 16.3. The smallest absolute Gasteiger partial charge is 0.326 e. The molecule has 1 atom stereocenters. The van der Waals surface area contributed by atoms with E-state index in [0.29, 0.717) is 5.69 Å². The lowest BCUT2D eigenvalue weighted by Crippen LogP contribution is -2.46. The predicted molar refractivity (Wildman–Crippen MR) is 59.5 cm³/mol. The molecule has 1 aliphatic rings. The minimum absolute atomic E-state index is 0.0739. The molecule has 1 unspecified atom stereocenters. The molecule has 0 saturated heterocycles. The highest BCUT2D eigenvalue weighted by molar-refractivity contribution is 6.02. The third-order valence-corrected chi connectivity index (χ3v) is 2.63. The van der Waals surface area contributed by atoms with Gasteiger partial charge in [0.05, 0.1) is 17.9 Å². The van der Waals surface area contributed by atoms with Crippen molar-refractivity contribution >= 4 is 23.3 Å². The molecule has 0 spiro atoms. The summed E-state index contributed by atoms with van der Waals surface area (Å²) in [4.78, 5) is 23.9. The Balaban J connectivity index is 2.41. The third-order valence-electron chi connectivity index (χ3n) is 2.63. The zero-order valence-electron chi connectivity index (χ0n) is 8.80. The topological polar surface area (TPSA) is 69.6 Å². The van der Waals surface area contributed by atoms with Crippen LogP contribution in [0.5, 0.6) is 0 Å². The van der Waals surface area contributed by atoms with Gasteiger partial charge in [-0.05, 0) is 19.1 Å². The number of carbonyl (C=O) groups excluding carboxylic acids is 1. The van der Waals surface area contributed by atoms with Crippen LogP contribution < -0.4 is 10.2 Å². The average Bonchev–Trinajstić information content (AvgIpc) is 2.26. The molecule has 0 radical (unpaired) electrons. The van der Waals surface area contributed by atoms with Crippen LogP contribution in [0.3, 0.4) is 0 Å². The number of aliphatic carboxylic acids is 1. The molecular weight excluding hydrogens is 208 g/mol. The maximum absolute atomic E-state index is 11.4. The SMILES string of the molecule is CC(C(=O)O)N1CC(=O)Nc2ccccc21. The van der Waals surface area contributed by atoms with Crippen molar-refractivity contribution in [1.82, 2.24) is 0 Å². The summed E-state index contributed by atoms with van der Waals surface area (Å²) in [6.07, 6.45) is 0. The van der Waals surface area contributed by atoms with E-state index in [-0.39, 0.29) is 12.5 Å². The Hall–Kier alpha value is -2.04. The molecule has 5 heteroatoms. The van der Waals surface area contributed by atoms with Crippen molar-refractivity contribution in [2.75, 3.05) is 16.8 Å². The zero-order chi connectivity index (χ0) is 11.7. The summed E-state index contributed by atoms with van der Waals surface area (Å²) in [6, 6.07) is 6.46. The third kappa shape index (κ3) is 1.71. The summed E-state index contributed by atoms with van der Waals surface area (Å²) in [5.74, 6) is -1.13. The molecule has 5 nitrogen and oxygen atoms in total. The molecule has 1 aromatic rings. The van der Waals surface area contributed by atoms with Crippen LogP contribution in [-0.2, 0) is 9.59 Å². The van der Waals surface area contributed by atoms with E-state index < -0.39 is 12.0 Å². The van der Waals surface area contributed by atoms with E-state index in [1.54, 1.807) is 30.0 Å². The van der Waals surface area contributed by atoms with Crippen LogP contribution in [0.4, 0.5) is 11.4 Å². The van der Waals surface area contributed by atoms with E-state index in [1.807, 2.05) is 6.07 Å². The number of nitrogens with one attached hydrogen (secondary N) is 1. The fourth-order valence-corrected chi connectivity index (χ4v) is 1.74. The Morgan fingerprint density at radius 3 is 2.88 bits per heavy atom. The molecule has 2 N–H and O–H groups in total. The molecule has 0 aliphatic carbocycles. The van der Waals surface area contributed by atoms with E-state index in [1.165, 1.54) is 0 Å². The molecule has 0 aromatic heterocycles. The van der Waals surface area contributed by atoms with Gasteiger partial charge in [0, 0.05) is 0 Å². The number of rotatable bonds is 2. The minimum Gasteiger partial charge on any atom is -0.480 e. The number of anilines is 2. The quantitative estimate of drug-likeness (QED) is 0.777. The van der Waals surface area contributed by atoms with Gasteiger partial charge in [0.15, 0.2) is 0 Å². The number of hydrogen-bond acceptors (Lipinski definition) is 3. The fraction of sp³-hybridized carbons (Fsp3) is 0.273. The number of nitrogens with zero attached hydrogens (tertiary/aromatic N) is 1. The number of benzene rings is 1. The average molecular weight is 220 g/mol. The second-order valence-corrected chi connectivity index (χ2v) is 3.71. The lowest BCUT2D eigenvalue weighted by molar-refractivity contribution is -0.138. The molecular formula is C11H12N2O3. The second-order valence-electron chi connectivity index (χ2n) is 3.71. The fourth-order valence-electron chi connectivity index (χ4n) is 1.74. The number of carboxylic acids is 1. The lowest BCUT2D eigenvalue weighted by atomic mass is 10.1. The van der Waals surface area contributed by atoms with Crippen molar-refractivity contribution < 1.29 is 14.7 Å². The summed E-state index contributed by atoms with van der Waals surface area (Å²) < 4.78 is 0. The van der Waals surface area contributed by atoms with Gasteiger partial charge in [0.1, 0.15) is 6.04 Å². The van der Waals surface area contributed by atoms with Crippen molar-refractivity contribution in [1.29, 1.82) is 0 Å². The molecule has 0 bridgehead atoms. The van der Waals surface area contributed by atoms with Crippen molar-refractivity contribution in [2.45, 2.75) is 13.0 Å². The Kier molecular flexibility index (Phi) is 2.52. The van der Waals surface area contributed by atoms with E-state index in [4.69, 9.17) is 5.11 Å². The number of hydrogen-bond donors (Lipinski definition) is 2. The van der Waals surface area contributed by atoms with Gasteiger partial charge in [-0.15, -0.1) is 0 Å². The highest BCUT2D eigenvalue weighted by Gasteiger charge is 2.28. The Labute approximate surface area is 92.7 Å². The molecule has 1 amide bonds. The summed E-state index contributed by atoms with van der Waals surface area (Å²) in [5.41, 5.74) is 1.41. The van der Waals surface area contributed by atoms with Crippen molar-refractivity contribution in [3.63, 3.8) is 0 Å². The number of para-hydroxylation sites is 2. The largest absolute Gasteiger partial charge is 0.480 e. The number of carboxylic acid groups (broad SMARTS) is 1. The molecule has 0 saturated carbocycles. The lowest BCUT2D eigenvalue weighted by Gasteiger charge is -2.33. The molecule has 1 aliphatic heterocycles. The first-order chi connectivity index (χ1) is 7.59. The number of amides is 1. The number of fused-ring (bicyclic) bond motifs is 1. The second kappa shape index (κ2) is 3.84. The Morgan fingerprint density at radius 1 is 1.50 bits per heavy atom. The molecule has 2 rings (SSSR count). The van der Waals surface area contributed by atoms with Crippen molar-refractivity contribution in [3.8, 4) is 0 Å². The predicted octanol–water partition coefficient (Wildman–Crippen LogP) is 0.918. The van der Waals surface area contributed by atoms with Gasteiger partial charge in [-0.3, -0.25) is 4.79 Å². The number of carbonyl (C=O) groups is 2. The summed E-state index contributed by atoms with van der Waals surface area (Å²) in [5, 5.41) is 11.7. The minimum atomic E-state index is -0.940. The van der Waals surface area contributed by atoms with Gasteiger partial charge in [0.25, 0.3) is 0 Å². The van der Waals surface area contributed by atoms with Crippen LogP contribution in [0.2, 0.25) is 0 Å². The van der Waals surface area contributed by atoms with Crippen LogP contribution >= 0.6 is 0 Å². The monoisotopic (exact) mass is 220 g/mol. The molecule has 16 heavy (non-hydrogen) atoms. The van der Waals surface area contributed by atoms with E-state index >= 15 is 0 Å². The summed E-state index contributed by atoms with van der Waals surface area (Å²) >= 11 is 0. The van der Waals surface area contributed by atoms with Crippen LogP contribution in [0.25, 0.3) is 0 Å². The highest BCUT2D eigenvalue weighted by atomic mass is 16.4. The maximum atomic E-state index is 11.4. The maximum Gasteiger partial charge on any atom is 0.326 e. The van der Waals surface area contributed by atoms with Crippen LogP contribution in [0, 0.1) is 0 Å². The van der Waals surface area contributed by atoms with Gasteiger partial charge in [-0.25, -0.2) is 4.79 Å². The first kappa shape index (κ1) is 10.5. The van der Waals surface area contributed by atoms with Gasteiger partial charge < -0.3 is 15.3 Å². The van der Waals surface area contributed by atoms with Gasteiger partial charge >= 0.3 is 5.97 Å². The molecule has 0 fully saturated rings. The van der Waals surface area contributed by atoms with Gasteiger partial charge in [-0.1, -0.05) is 12.1 Å². The standard InChI is InChI=1S/C11H12N2O3/c1-7(11(15)16)13-6-10(14)12-8-4-2-3-5-9(8)13/h2-5,7H,6H2,1H3,(H,12,14)(H,15,16). The summed E-state index contributed by atoms with van der Waals surface area (Å²) in [7, 11) is 0. The molecule has 1 heterocycles. The van der Waals surface area contributed by atoms with E-state index in [2.05, 4.69) is 5.32 Å². The van der Waals surface area contributed by atoms with Crippen LogP contribution in [0.15, 0.2) is 24.3 Å². The zero-order valence-corrected chi connectivity index (χ0v) is 8.80. The highest BCUT2D eigenvalue weighted by Crippen LogP contribution is 2.30. The Morgan fingerprint density at radius 2 is 2.19 bits per heavy atom. The molecule has 84 valence electrons. The van der Waals surface area contributed by atoms with Crippen LogP contribution in [0.1, 0.15) is 6.92 Å². The van der Waals surface area contributed by atoms with E-state index in [0.717, 1.165) is 5.69 Å².